The molecule has 2 aromatic rings. The number of rotatable bonds is 1. The molecule has 0 fully saturated rings. The molecule has 0 aliphatic heterocycles. The monoisotopic (exact) mass is 292 g/mol. The molecule has 2 aromatic heterocycles. The van der Waals surface area contributed by atoms with Crippen molar-refractivity contribution in [3.63, 3.8) is 0 Å². The summed E-state index contributed by atoms with van der Waals surface area (Å²) in [5.41, 5.74) is 1.65. The molecule has 0 aliphatic carbocycles. The van der Waals surface area contributed by atoms with Crippen LogP contribution in [0.25, 0.3) is 11.2 Å². The van der Waals surface area contributed by atoms with Crippen LogP contribution in [0.2, 0.25) is 0 Å². The van der Waals surface area contributed by atoms with Crippen molar-refractivity contribution < 1.29 is 0 Å². The minimum Gasteiger partial charge on any atom is -0.341 e. The number of nitrogens with zero attached hydrogens (tertiary/aromatic N) is 3. The second kappa shape index (κ2) is 3.17. The number of thioether (sulfide) groups is 1. The summed E-state index contributed by atoms with van der Waals surface area (Å²) in [5, 5.41) is 0.763. The van der Waals surface area contributed by atoms with Crippen LogP contribution in [0.5, 0.6) is 0 Å². The first-order valence-corrected chi connectivity index (χ1v) is 5.52. The number of imidazole rings is 1. The maximum atomic E-state index is 4.26. The van der Waals surface area contributed by atoms with Crippen molar-refractivity contribution in [3.05, 3.63) is 10.0 Å². The first-order chi connectivity index (χ1) is 5.81. The lowest BCUT2D eigenvalue weighted by molar-refractivity contribution is 0.978. The molecular formula is C6H5IN4S. The van der Waals surface area contributed by atoms with Crippen LogP contribution < -0.4 is 0 Å². The molecule has 0 aromatic carbocycles. The van der Waals surface area contributed by atoms with Crippen LogP contribution in [-0.4, -0.2) is 26.2 Å². The van der Waals surface area contributed by atoms with Gasteiger partial charge >= 0.3 is 0 Å². The molecule has 0 spiro atoms. The summed E-state index contributed by atoms with van der Waals surface area (Å²) in [6.07, 6.45) is 3.58. The van der Waals surface area contributed by atoms with Crippen LogP contribution in [0.4, 0.5) is 0 Å². The van der Waals surface area contributed by atoms with Crippen LogP contribution >= 0.6 is 34.4 Å². The Balaban J connectivity index is 2.75. The largest absolute Gasteiger partial charge is 0.341 e. The number of hydrogen-bond acceptors (Lipinski definition) is 4. The minimum absolute atomic E-state index is 0.735. The summed E-state index contributed by atoms with van der Waals surface area (Å²) >= 11 is 3.69. The van der Waals surface area contributed by atoms with E-state index in [9.17, 15) is 0 Å². The van der Waals surface area contributed by atoms with E-state index in [1.54, 1.807) is 6.33 Å². The highest BCUT2D eigenvalue weighted by Gasteiger charge is 2.05. The molecule has 0 aliphatic rings. The molecule has 0 saturated heterocycles. The van der Waals surface area contributed by atoms with Gasteiger partial charge in [-0.05, 0) is 28.8 Å². The van der Waals surface area contributed by atoms with E-state index in [0.717, 1.165) is 20.0 Å². The van der Waals surface area contributed by atoms with Crippen molar-refractivity contribution in [2.75, 3.05) is 6.26 Å². The molecule has 4 nitrogen and oxygen atoms in total. The second-order valence-electron chi connectivity index (χ2n) is 2.10. The molecule has 0 radical (unpaired) electrons. The Kier molecular flexibility index (Phi) is 2.18. The minimum atomic E-state index is 0.735. The Morgan fingerprint density at radius 3 is 3.08 bits per heavy atom. The normalized spacial score (nSPS) is 10.8. The van der Waals surface area contributed by atoms with Crippen molar-refractivity contribution >= 4 is 45.5 Å². The van der Waals surface area contributed by atoms with Gasteiger partial charge in [-0.25, -0.2) is 15.0 Å². The lowest BCUT2D eigenvalue weighted by Gasteiger charge is -1.95. The number of fused-ring (bicyclic) bond motifs is 1. The van der Waals surface area contributed by atoms with Gasteiger partial charge in [-0.2, -0.15) is 0 Å². The average Bonchev–Trinajstić information content (AvgIpc) is 2.52. The van der Waals surface area contributed by atoms with Gasteiger partial charge in [0.05, 0.1) is 6.33 Å². The molecule has 0 bridgehead atoms. The Morgan fingerprint density at radius 1 is 1.50 bits per heavy atom. The number of hydrogen-bond donors (Lipinski definition) is 1. The Labute approximate surface area is 86.7 Å². The van der Waals surface area contributed by atoms with E-state index in [1.165, 1.54) is 11.8 Å². The fourth-order valence-electron chi connectivity index (χ4n) is 0.870. The lowest BCUT2D eigenvalue weighted by atomic mass is 10.6. The highest BCUT2D eigenvalue weighted by Crippen LogP contribution is 2.17. The van der Waals surface area contributed by atoms with Gasteiger partial charge in [0, 0.05) is 0 Å². The maximum Gasteiger partial charge on any atom is 0.190 e. The fraction of sp³-hybridized carbons (Fsp3) is 0.167. The molecule has 2 heterocycles. The summed E-state index contributed by atoms with van der Waals surface area (Å²) in [4.78, 5) is 15.5. The van der Waals surface area contributed by atoms with Crippen LogP contribution in [0.15, 0.2) is 11.5 Å². The van der Waals surface area contributed by atoms with Crippen molar-refractivity contribution in [1.29, 1.82) is 0 Å². The van der Waals surface area contributed by atoms with Crippen molar-refractivity contribution in [2.45, 2.75) is 5.16 Å². The summed E-state index contributed by atoms with van der Waals surface area (Å²) < 4.78 is 0.916. The summed E-state index contributed by atoms with van der Waals surface area (Å²) in [6, 6.07) is 0. The van der Waals surface area contributed by atoms with E-state index in [0.29, 0.717) is 0 Å². The van der Waals surface area contributed by atoms with Gasteiger partial charge in [-0.3, -0.25) is 0 Å². The Morgan fingerprint density at radius 2 is 2.33 bits per heavy atom. The van der Waals surface area contributed by atoms with E-state index in [1.807, 2.05) is 6.26 Å². The van der Waals surface area contributed by atoms with Gasteiger partial charge in [-0.15, -0.1) is 0 Å². The average molecular weight is 292 g/mol. The molecule has 0 atom stereocenters. The van der Waals surface area contributed by atoms with E-state index >= 15 is 0 Å². The molecule has 2 rings (SSSR count). The standard InChI is InChI=1S/C6H5IN4S/c1-12-6-10-4(7)3-5(11-6)9-2-8-3/h2H,1H3,(H,8,9,10,11). The van der Waals surface area contributed by atoms with Gasteiger partial charge in [0.15, 0.2) is 10.8 Å². The first kappa shape index (κ1) is 8.24. The zero-order valence-corrected chi connectivity index (χ0v) is 9.18. The van der Waals surface area contributed by atoms with E-state index < -0.39 is 0 Å². The number of halogens is 1. The zero-order chi connectivity index (χ0) is 8.55. The van der Waals surface area contributed by atoms with Crippen LogP contribution in [-0.2, 0) is 0 Å². The van der Waals surface area contributed by atoms with Crippen LogP contribution in [0.1, 0.15) is 0 Å². The third-order valence-electron chi connectivity index (χ3n) is 1.40. The summed E-state index contributed by atoms with van der Waals surface area (Å²) in [6.45, 7) is 0. The van der Waals surface area contributed by atoms with Crippen molar-refractivity contribution in [2.24, 2.45) is 0 Å². The molecule has 0 saturated carbocycles. The molecule has 62 valence electrons. The van der Waals surface area contributed by atoms with Crippen LogP contribution in [0, 0.1) is 3.70 Å². The summed E-state index contributed by atoms with van der Waals surface area (Å²) in [5.74, 6) is 0. The zero-order valence-electron chi connectivity index (χ0n) is 6.21. The SMILES string of the molecule is CSc1nc(I)c2[nH]cnc2n1. The number of aromatic amines is 1. The topological polar surface area (TPSA) is 54.5 Å². The van der Waals surface area contributed by atoms with Gasteiger partial charge < -0.3 is 4.98 Å². The highest BCUT2D eigenvalue weighted by atomic mass is 127. The maximum absolute atomic E-state index is 4.26. The Hall–Kier alpha value is -0.370. The predicted molar refractivity (Wildman–Crippen MR) is 56.2 cm³/mol. The van der Waals surface area contributed by atoms with Crippen LogP contribution in [0.3, 0.4) is 0 Å². The molecule has 1 N–H and O–H groups in total. The predicted octanol–water partition coefficient (Wildman–Crippen LogP) is 1.68. The van der Waals surface area contributed by atoms with Gasteiger partial charge in [0.2, 0.25) is 0 Å². The highest BCUT2D eigenvalue weighted by molar-refractivity contribution is 14.1. The Bertz CT molecular complexity index is 413. The third kappa shape index (κ3) is 1.28. The molecular weight excluding hydrogens is 287 g/mol. The fourth-order valence-corrected chi connectivity index (χ4v) is 2.02. The van der Waals surface area contributed by atoms with Crippen molar-refractivity contribution in [1.82, 2.24) is 19.9 Å². The van der Waals surface area contributed by atoms with Gasteiger partial charge in [0.25, 0.3) is 0 Å². The molecule has 12 heavy (non-hydrogen) atoms. The van der Waals surface area contributed by atoms with Gasteiger partial charge in [0.1, 0.15) is 9.22 Å². The smallest absolute Gasteiger partial charge is 0.190 e. The molecule has 0 unspecified atom stereocenters. The van der Waals surface area contributed by atoms with Gasteiger partial charge in [-0.1, -0.05) is 11.8 Å². The van der Waals surface area contributed by atoms with E-state index in [2.05, 4.69) is 42.5 Å². The quantitative estimate of drug-likeness (QED) is 0.376. The molecule has 6 heteroatoms. The number of H-pyrrole nitrogens is 1. The van der Waals surface area contributed by atoms with E-state index in [-0.39, 0.29) is 0 Å². The van der Waals surface area contributed by atoms with E-state index in [4.69, 9.17) is 0 Å². The van der Waals surface area contributed by atoms with Crippen molar-refractivity contribution in [3.8, 4) is 0 Å². The number of nitrogens with one attached hydrogen (secondary N) is 1. The summed E-state index contributed by atoms with van der Waals surface area (Å²) in [7, 11) is 0. The second-order valence-corrected chi connectivity index (χ2v) is 3.90. The molecule has 0 amide bonds. The first-order valence-electron chi connectivity index (χ1n) is 3.22. The third-order valence-corrected chi connectivity index (χ3v) is 2.73. The lowest BCUT2D eigenvalue weighted by Crippen LogP contribution is -1.90. The number of aromatic nitrogens is 4.